The zero-order chi connectivity index (χ0) is 19.0. The minimum Gasteiger partial charge on any atom is -0.488 e. The van der Waals surface area contributed by atoms with Gasteiger partial charge < -0.3 is 18.6 Å². The first-order chi connectivity index (χ1) is 13.1. The molecule has 2 heterocycles. The molecule has 0 bridgehead atoms. The van der Waals surface area contributed by atoms with Crippen LogP contribution in [0, 0.1) is 6.92 Å². The smallest absolute Gasteiger partial charge is 0.336 e. The highest BCUT2D eigenvalue weighted by molar-refractivity contribution is 6.31. The van der Waals surface area contributed by atoms with Crippen molar-refractivity contribution in [3.63, 3.8) is 0 Å². The number of halogens is 1. The SMILES string of the molecule is CCCc1cc(=O)oc2c(C)c(OCc3cc4c(cc3Cl)OCO4)ccc12. The van der Waals surface area contributed by atoms with Crippen LogP contribution in [0.1, 0.15) is 30.0 Å². The average Bonchev–Trinajstić information content (AvgIpc) is 3.09. The van der Waals surface area contributed by atoms with Crippen molar-refractivity contribution in [1.82, 2.24) is 0 Å². The van der Waals surface area contributed by atoms with Gasteiger partial charge in [-0.2, -0.15) is 0 Å². The molecule has 6 heteroatoms. The van der Waals surface area contributed by atoms with Gasteiger partial charge in [-0.05, 0) is 37.1 Å². The Hall–Kier alpha value is -2.66. The summed E-state index contributed by atoms with van der Waals surface area (Å²) in [5.74, 6) is 1.94. The van der Waals surface area contributed by atoms with E-state index in [2.05, 4.69) is 6.92 Å². The van der Waals surface area contributed by atoms with Gasteiger partial charge >= 0.3 is 5.63 Å². The van der Waals surface area contributed by atoms with Crippen LogP contribution in [-0.2, 0) is 13.0 Å². The maximum Gasteiger partial charge on any atom is 0.336 e. The van der Waals surface area contributed by atoms with Crippen LogP contribution in [-0.4, -0.2) is 6.79 Å². The summed E-state index contributed by atoms with van der Waals surface area (Å²) < 4.78 is 22.1. The molecule has 0 fully saturated rings. The van der Waals surface area contributed by atoms with Gasteiger partial charge in [-0.15, -0.1) is 0 Å². The lowest BCUT2D eigenvalue weighted by atomic mass is 10.0. The maximum absolute atomic E-state index is 11.9. The van der Waals surface area contributed by atoms with Crippen molar-refractivity contribution in [3.8, 4) is 17.2 Å². The van der Waals surface area contributed by atoms with Crippen LogP contribution < -0.4 is 19.8 Å². The lowest BCUT2D eigenvalue weighted by molar-refractivity contribution is 0.174. The van der Waals surface area contributed by atoms with Crippen LogP contribution in [0.5, 0.6) is 17.2 Å². The topological polar surface area (TPSA) is 57.9 Å². The molecule has 1 aliphatic heterocycles. The molecule has 1 aliphatic rings. The Morgan fingerprint density at radius 1 is 1.11 bits per heavy atom. The van der Waals surface area contributed by atoms with Crippen LogP contribution >= 0.6 is 11.6 Å². The summed E-state index contributed by atoms with van der Waals surface area (Å²) in [4.78, 5) is 11.9. The highest BCUT2D eigenvalue weighted by Gasteiger charge is 2.17. The molecule has 0 unspecified atom stereocenters. The van der Waals surface area contributed by atoms with Crippen molar-refractivity contribution in [2.75, 3.05) is 6.79 Å². The van der Waals surface area contributed by atoms with Crippen LogP contribution in [0.15, 0.2) is 39.5 Å². The minimum absolute atomic E-state index is 0.193. The zero-order valence-corrected chi connectivity index (χ0v) is 15.9. The average molecular weight is 387 g/mol. The first-order valence-corrected chi connectivity index (χ1v) is 9.21. The summed E-state index contributed by atoms with van der Waals surface area (Å²) in [6, 6.07) is 8.95. The third-order valence-electron chi connectivity index (χ3n) is 4.64. The predicted octanol–water partition coefficient (Wildman–Crippen LogP) is 5.02. The summed E-state index contributed by atoms with van der Waals surface area (Å²) in [5, 5.41) is 1.50. The summed E-state index contributed by atoms with van der Waals surface area (Å²) in [6.45, 7) is 4.43. The van der Waals surface area contributed by atoms with Gasteiger partial charge in [-0.1, -0.05) is 24.9 Å². The summed E-state index contributed by atoms with van der Waals surface area (Å²) in [5.41, 5.74) is 2.81. The van der Waals surface area contributed by atoms with Gasteiger partial charge in [-0.25, -0.2) is 4.79 Å². The van der Waals surface area contributed by atoms with E-state index in [9.17, 15) is 4.79 Å². The molecular formula is C21H19ClO5. The fourth-order valence-corrected chi connectivity index (χ4v) is 3.47. The predicted molar refractivity (Wildman–Crippen MR) is 103 cm³/mol. The molecule has 5 nitrogen and oxygen atoms in total. The highest BCUT2D eigenvalue weighted by Crippen LogP contribution is 2.37. The van der Waals surface area contributed by atoms with Crippen molar-refractivity contribution in [3.05, 3.63) is 62.5 Å². The second-order valence-electron chi connectivity index (χ2n) is 6.49. The number of ether oxygens (including phenoxy) is 3. The fourth-order valence-electron chi connectivity index (χ4n) is 3.27. The Balaban J connectivity index is 1.65. The maximum atomic E-state index is 11.9. The molecule has 0 N–H and O–H groups in total. The Morgan fingerprint density at radius 2 is 1.89 bits per heavy atom. The summed E-state index contributed by atoms with van der Waals surface area (Å²) in [6.07, 6.45) is 1.78. The molecular weight excluding hydrogens is 368 g/mol. The molecule has 0 radical (unpaired) electrons. The molecule has 0 spiro atoms. The van der Waals surface area contributed by atoms with Crippen molar-refractivity contribution < 1.29 is 18.6 Å². The van der Waals surface area contributed by atoms with E-state index < -0.39 is 0 Å². The third-order valence-corrected chi connectivity index (χ3v) is 4.99. The van der Waals surface area contributed by atoms with Gasteiger partial charge in [0.25, 0.3) is 0 Å². The first kappa shape index (κ1) is 17.7. The van der Waals surface area contributed by atoms with Gasteiger partial charge in [0.1, 0.15) is 17.9 Å². The van der Waals surface area contributed by atoms with Crippen molar-refractivity contribution in [1.29, 1.82) is 0 Å². The quantitative estimate of drug-likeness (QED) is 0.576. The standard InChI is InChI=1S/C21H19ClO5/c1-3-4-13-8-20(23)27-21-12(2)17(6-5-15(13)21)24-10-14-7-18-19(9-16(14)22)26-11-25-18/h5-9H,3-4,10-11H2,1-2H3. The Bertz CT molecular complexity index is 1070. The fraction of sp³-hybridized carbons (Fsp3) is 0.286. The molecule has 3 aromatic rings. The molecule has 0 saturated heterocycles. The molecule has 0 atom stereocenters. The van der Waals surface area contributed by atoms with E-state index in [4.69, 9.17) is 30.2 Å². The van der Waals surface area contributed by atoms with Gasteiger partial charge in [0.05, 0.1) is 5.02 Å². The number of rotatable bonds is 5. The molecule has 0 aliphatic carbocycles. The van der Waals surface area contributed by atoms with Gasteiger partial charge in [0.15, 0.2) is 11.5 Å². The zero-order valence-electron chi connectivity index (χ0n) is 15.1. The van der Waals surface area contributed by atoms with Crippen molar-refractivity contribution in [2.24, 2.45) is 0 Å². The van der Waals surface area contributed by atoms with Crippen molar-refractivity contribution >= 4 is 22.6 Å². The normalized spacial score (nSPS) is 12.6. The summed E-state index contributed by atoms with van der Waals surface area (Å²) in [7, 11) is 0. The second-order valence-corrected chi connectivity index (χ2v) is 6.90. The molecule has 0 saturated carbocycles. The number of fused-ring (bicyclic) bond motifs is 2. The number of hydrogen-bond acceptors (Lipinski definition) is 5. The Kier molecular flexibility index (Phi) is 4.70. The van der Waals surface area contributed by atoms with Gasteiger partial charge in [0.2, 0.25) is 6.79 Å². The van der Waals surface area contributed by atoms with Gasteiger partial charge in [0, 0.05) is 28.6 Å². The van der Waals surface area contributed by atoms with E-state index in [1.165, 1.54) is 0 Å². The first-order valence-electron chi connectivity index (χ1n) is 8.84. The monoisotopic (exact) mass is 386 g/mol. The van der Waals surface area contributed by atoms with Crippen molar-refractivity contribution in [2.45, 2.75) is 33.3 Å². The number of aryl methyl sites for hydroxylation is 2. The van der Waals surface area contributed by atoms with E-state index >= 15 is 0 Å². The molecule has 140 valence electrons. The second kappa shape index (κ2) is 7.16. The number of benzene rings is 2. The Labute approximate surface area is 161 Å². The lowest BCUT2D eigenvalue weighted by Crippen LogP contribution is -2.03. The van der Waals surface area contributed by atoms with Crippen LogP contribution in [0.3, 0.4) is 0 Å². The van der Waals surface area contributed by atoms with Crippen LogP contribution in [0.25, 0.3) is 11.0 Å². The molecule has 4 rings (SSSR count). The van der Waals surface area contributed by atoms with E-state index in [0.717, 1.165) is 34.9 Å². The molecule has 2 aromatic carbocycles. The van der Waals surface area contributed by atoms with E-state index in [0.29, 0.717) is 27.9 Å². The highest BCUT2D eigenvalue weighted by atomic mass is 35.5. The molecule has 1 aromatic heterocycles. The minimum atomic E-state index is -0.343. The van der Waals surface area contributed by atoms with E-state index in [1.54, 1.807) is 12.1 Å². The summed E-state index contributed by atoms with van der Waals surface area (Å²) >= 11 is 6.31. The third kappa shape index (κ3) is 3.35. The molecule has 0 amide bonds. The van der Waals surface area contributed by atoms with E-state index in [1.807, 2.05) is 25.1 Å². The lowest BCUT2D eigenvalue weighted by Gasteiger charge is -2.13. The number of hydrogen-bond donors (Lipinski definition) is 0. The molecule has 27 heavy (non-hydrogen) atoms. The van der Waals surface area contributed by atoms with Crippen LogP contribution in [0.2, 0.25) is 5.02 Å². The van der Waals surface area contributed by atoms with Crippen LogP contribution in [0.4, 0.5) is 0 Å². The largest absolute Gasteiger partial charge is 0.488 e. The van der Waals surface area contributed by atoms with E-state index in [-0.39, 0.29) is 19.0 Å². The Morgan fingerprint density at radius 3 is 2.67 bits per heavy atom. The van der Waals surface area contributed by atoms with Gasteiger partial charge in [-0.3, -0.25) is 0 Å².